The molecular weight excluding hydrogens is 429 g/mol. The lowest BCUT2D eigenvalue weighted by Crippen LogP contribution is -2.47. The third kappa shape index (κ3) is 7.21. The first kappa shape index (κ1) is 24.5. The normalized spacial score (nSPS) is 12.9. The van der Waals surface area contributed by atoms with Crippen molar-refractivity contribution in [1.82, 2.24) is 5.32 Å². The Balaban J connectivity index is 2.18. The molecule has 0 aliphatic heterocycles. The molecule has 0 aromatic heterocycles. The predicted molar refractivity (Wildman–Crippen MR) is 108 cm³/mol. The summed E-state index contributed by atoms with van der Waals surface area (Å²) in [6.45, 7) is 1.61. The van der Waals surface area contributed by atoms with Crippen molar-refractivity contribution in [3.63, 3.8) is 0 Å². The van der Waals surface area contributed by atoms with E-state index in [0.29, 0.717) is 11.1 Å². The van der Waals surface area contributed by atoms with Crippen molar-refractivity contribution < 1.29 is 32.6 Å². The fourth-order valence-corrected chi connectivity index (χ4v) is 2.87. The van der Waals surface area contributed by atoms with Crippen LogP contribution in [-0.2, 0) is 33.3 Å². The van der Waals surface area contributed by atoms with Crippen LogP contribution in [0.3, 0.4) is 0 Å². The van der Waals surface area contributed by atoms with Gasteiger partial charge in [-0.05, 0) is 54.3 Å². The number of nitrogens with zero attached hydrogens (tertiary/aromatic N) is 3. The lowest BCUT2D eigenvalue weighted by molar-refractivity contribution is -0.147. The summed E-state index contributed by atoms with van der Waals surface area (Å²) >= 11 is 0. The lowest BCUT2D eigenvalue weighted by Gasteiger charge is -2.20. The molecule has 1 amide bonds. The Hall–Kier alpha value is -3.72. The molecule has 0 aliphatic rings. The van der Waals surface area contributed by atoms with Crippen molar-refractivity contribution in [2.45, 2.75) is 38.0 Å². The van der Waals surface area contributed by atoms with E-state index in [0.717, 1.165) is 12.1 Å². The first-order chi connectivity index (χ1) is 15.1. The Morgan fingerprint density at radius 3 is 2.19 bits per heavy atom. The highest BCUT2D eigenvalue weighted by Crippen LogP contribution is 2.29. The second-order valence-electron chi connectivity index (χ2n) is 6.80. The Bertz CT molecular complexity index is 972. The van der Waals surface area contributed by atoms with Crippen LogP contribution in [0.25, 0.3) is 10.4 Å². The maximum Gasteiger partial charge on any atom is 0.416 e. The highest BCUT2D eigenvalue weighted by atomic mass is 19.4. The second-order valence-corrected chi connectivity index (χ2v) is 6.80. The van der Waals surface area contributed by atoms with Crippen molar-refractivity contribution >= 4 is 11.9 Å². The van der Waals surface area contributed by atoms with E-state index in [-0.39, 0.29) is 25.2 Å². The Morgan fingerprint density at radius 1 is 1.09 bits per heavy atom. The zero-order chi connectivity index (χ0) is 23.7. The number of rotatable bonds is 9. The number of amides is 1. The van der Waals surface area contributed by atoms with Gasteiger partial charge in [0.25, 0.3) is 0 Å². The van der Waals surface area contributed by atoms with Crippen molar-refractivity contribution in [2.24, 2.45) is 5.11 Å². The van der Waals surface area contributed by atoms with Gasteiger partial charge in [-0.15, -0.1) is 0 Å². The quantitative estimate of drug-likeness (QED) is 0.260. The van der Waals surface area contributed by atoms with Crippen LogP contribution in [-0.4, -0.2) is 35.7 Å². The fourth-order valence-electron chi connectivity index (χ4n) is 2.87. The van der Waals surface area contributed by atoms with Crippen LogP contribution in [0.1, 0.15) is 23.6 Å². The molecule has 32 heavy (non-hydrogen) atoms. The molecular formula is C21H21F3N4O4. The summed E-state index contributed by atoms with van der Waals surface area (Å²) in [7, 11) is 0. The number of azide groups is 1. The van der Waals surface area contributed by atoms with Crippen LogP contribution >= 0.6 is 0 Å². The van der Waals surface area contributed by atoms with Crippen molar-refractivity contribution in [3.05, 3.63) is 75.7 Å². The van der Waals surface area contributed by atoms with Gasteiger partial charge < -0.3 is 15.2 Å². The number of aromatic hydroxyl groups is 1. The van der Waals surface area contributed by atoms with Crippen molar-refractivity contribution in [1.29, 1.82) is 0 Å². The molecule has 0 radical (unpaired) electrons. The van der Waals surface area contributed by atoms with Gasteiger partial charge in [0, 0.05) is 11.3 Å². The largest absolute Gasteiger partial charge is 0.508 e. The Kier molecular flexibility index (Phi) is 8.48. The van der Waals surface area contributed by atoms with E-state index in [1.54, 1.807) is 19.1 Å². The van der Waals surface area contributed by atoms with Gasteiger partial charge in [0.05, 0.1) is 12.2 Å². The van der Waals surface area contributed by atoms with E-state index in [9.17, 15) is 27.9 Å². The maximum absolute atomic E-state index is 12.8. The third-order valence-electron chi connectivity index (χ3n) is 4.47. The molecule has 0 heterocycles. The minimum absolute atomic E-state index is 0.00595. The SMILES string of the molecule is CCOC(=O)[C@H](Cc1ccc(C(F)(F)F)cc1)NC(=O)C(Cc1ccc(O)cc1)N=[N+]=[N-]. The average Bonchev–Trinajstić information content (AvgIpc) is 2.74. The number of hydrogen-bond donors (Lipinski definition) is 2. The number of phenolic OH excluding ortho intramolecular Hbond substituents is 1. The first-order valence-electron chi connectivity index (χ1n) is 9.59. The smallest absolute Gasteiger partial charge is 0.416 e. The Morgan fingerprint density at radius 2 is 1.66 bits per heavy atom. The standard InChI is InChI=1S/C21H21F3N4O4/c1-2-32-20(31)18(12-13-3-7-15(8-4-13)21(22,23)24)26-19(30)17(27-28-25)11-14-5-9-16(29)10-6-14/h3-10,17-18,29H,2,11-12H2,1H3,(H,26,30)/t17?,18-/m0/s1. The predicted octanol–water partition coefficient (Wildman–Crippen LogP) is 3.92. The van der Waals surface area contributed by atoms with Crippen LogP contribution in [0.4, 0.5) is 13.2 Å². The van der Waals surface area contributed by atoms with Gasteiger partial charge in [0.1, 0.15) is 17.8 Å². The highest BCUT2D eigenvalue weighted by molar-refractivity contribution is 5.88. The molecule has 11 heteroatoms. The molecule has 2 N–H and O–H groups in total. The molecule has 0 saturated heterocycles. The summed E-state index contributed by atoms with van der Waals surface area (Å²) < 4.78 is 43.2. The van der Waals surface area contributed by atoms with Gasteiger partial charge in [-0.1, -0.05) is 29.4 Å². The monoisotopic (exact) mass is 450 g/mol. The molecule has 8 nitrogen and oxygen atoms in total. The molecule has 2 aromatic carbocycles. The van der Waals surface area contributed by atoms with Crippen LogP contribution in [0.15, 0.2) is 53.6 Å². The number of hydrogen-bond acceptors (Lipinski definition) is 5. The van der Waals surface area contributed by atoms with E-state index in [1.807, 2.05) is 0 Å². The van der Waals surface area contributed by atoms with Gasteiger partial charge in [-0.25, -0.2) is 4.79 Å². The molecule has 0 aliphatic carbocycles. The molecule has 2 rings (SSSR count). The zero-order valence-corrected chi connectivity index (χ0v) is 17.0. The first-order valence-corrected chi connectivity index (χ1v) is 9.59. The van der Waals surface area contributed by atoms with Crippen LogP contribution in [0.5, 0.6) is 5.75 Å². The number of alkyl halides is 3. The summed E-state index contributed by atoms with van der Waals surface area (Å²) in [5, 5.41) is 15.3. The number of ether oxygens (including phenoxy) is 1. The van der Waals surface area contributed by atoms with Crippen LogP contribution in [0, 0.1) is 0 Å². The second kappa shape index (κ2) is 11.1. The summed E-state index contributed by atoms with van der Waals surface area (Å²) in [4.78, 5) is 27.7. The minimum Gasteiger partial charge on any atom is -0.508 e. The number of halogens is 3. The molecule has 0 fully saturated rings. The lowest BCUT2D eigenvalue weighted by atomic mass is 10.0. The number of benzene rings is 2. The van der Waals surface area contributed by atoms with Gasteiger partial charge in [-0.2, -0.15) is 13.2 Å². The third-order valence-corrected chi connectivity index (χ3v) is 4.47. The van der Waals surface area contributed by atoms with Crippen LogP contribution < -0.4 is 5.32 Å². The summed E-state index contributed by atoms with van der Waals surface area (Å²) in [6.07, 6.45) is -4.61. The highest BCUT2D eigenvalue weighted by Gasteiger charge is 2.31. The number of carbonyl (C=O) groups excluding carboxylic acids is 2. The van der Waals surface area contributed by atoms with Crippen molar-refractivity contribution in [3.8, 4) is 5.75 Å². The molecule has 1 unspecified atom stereocenters. The van der Waals surface area contributed by atoms with Gasteiger partial charge in [-0.3, -0.25) is 4.79 Å². The fraction of sp³-hybridized carbons (Fsp3) is 0.333. The van der Waals surface area contributed by atoms with E-state index in [2.05, 4.69) is 15.3 Å². The summed E-state index contributed by atoms with van der Waals surface area (Å²) in [5.41, 5.74) is 8.95. The average molecular weight is 450 g/mol. The minimum atomic E-state index is -4.50. The molecule has 0 saturated carbocycles. The van der Waals surface area contributed by atoms with E-state index >= 15 is 0 Å². The van der Waals surface area contributed by atoms with Crippen LogP contribution in [0.2, 0.25) is 0 Å². The Labute approximate surface area is 181 Å². The number of carbonyl (C=O) groups is 2. The number of nitrogens with one attached hydrogen (secondary N) is 1. The van der Waals surface area contributed by atoms with Gasteiger partial charge >= 0.3 is 12.1 Å². The molecule has 170 valence electrons. The maximum atomic E-state index is 12.8. The van der Waals surface area contributed by atoms with Gasteiger partial charge in [0.15, 0.2) is 0 Å². The molecule has 2 aromatic rings. The summed E-state index contributed by atoms with van der Waals surface area (Å²) in [6, 6.07) is 7.70. The molecule has 0 spiro atoms. The van der Waals surface area contributed by atoms with E-state index in [1.165, 1.54) is 24.3 Å². The number of phenols is 1. The molecule has 0 bridgehead atoms. The van der Waals surface area contributed by atoms with E-state index in [4.69, 9.17) is 10.3 Å². The topological polar surface area (TPSA) is 124 Å². The summed E-state index contributed by atoms with van der Waals surface area (Å²) in [5.74, 6) is -1.50. The zero-order valence-electron chi connectivity index (χ0n) is 17.0. The van der Waals surface area contributed by atoms with Gasteiger partial charge in [0.2, 0.25) is 5.91 Å². The van der Waals surface area contributed by atoms with Crippen molar-refractivity contribution in [2.75, 3.05) is 6.61 Å². The number of esters is 1. The molecule has 2 atom stereocenters. The van der Waals surface area contributed by atoms with E-state index < -0.39 is 35.7 Å².